The Morgan fingerprint density at radius 2 is 1.83 bits per heavy atom. The molecule has 2 amide bonds. The van der Waals surface area contributed by atoms with Gasteiger partial charge in [0.1, 0.15) is 0 Å². The molecule has 1 aliphatic carbocycles. The highest BCUT2D eigenvalue weighted by atomic mass is 16.3. The number of anilines is 2. The number of aliphatic hydroxyl groups excluding tert-OH is 1. The third-order valence-electron chi connectivity index (χ3n) is 4.95. The first-order valence-corrected chi connectivity index (χ1v) is 8.71. The third-order valence-corrected chi connectivity index (χ3v) is 4.95. The molecule has 5 heteroatoms. The van der Waals surface area contributed by atoms with Crippen LogP contribution in [0.3, 0.4) is 0 Å². The van der Waals surface area contributed by atoms with Crippen LogP contribution in [0.1, 0.15) is 39.0 Å². The summed E-state index contributed by atoms with van der Waals surface area (Å²) in [5, 5.41) is 15.4. The number of carbonyl (C=O) groups is 1. The van der Waals surface area contributed by atoms with E-state index >= 15 is 0 Å². The molecule has 23 heavy (non-hydrogen) atoms. The lowest BCUT2D eigenvalue weighted by Gasteiger charge is -2.26. The Bertz CT molecular complexity index is 524. The van der Waals surface area contributed by atoms with Gasteiger partial charge in [0.2, 0.25) is 0 Å². The molecule has 3 rings (SSSR count). The maximum Gasteiger partial charge on any atom is 0.319 e. The first-order chi connectivity index (χ1) is 11.1. The van der Waals surface area contributed by atoms with Crippen molar-refractivity contribution in [1.29, 1.82) is 0 Å². The normalized spacial score (nSPS) is 27.7. The lowest BCUT2D eigenvalue weighted by molar-refractivity contribution is 0.118. The highest BCUT2D eigenvalue weighted by molar-refractivity contribution is 5.89. The van der Waals surface area contributed by atoms with Crippen LogP contribution in [0.2, 0.25) is 0 Å². The fourth-order valence-corrected chi connectivity index (χ4v) is 3.50. The van der Waals surface area contributed by atoms with Crippen molar-refractivity contribution in [2.75, 3.05) is 23.3 Å². The number of hydrogen-bond acceptors (Lipinski definition) is 3. The number of rotatable bonds is 3. The van der Waals surface area contributed by atoms with Gasteiger partial charge in [-0.25, -0.2) is 4.79 Å². The Morgan fingerprint density at radius 1 is 1.13 bits per heavy atom. The zero-order chi connectivity index (χ0) is 16.2. The molecular formula is C18H27N3O2. The van der Waals surface area contributed by atoms with Crippen LogP contribution in [0, 0.1) is 5.92 Å². The number of hydrogen-bond donors (Lipinski definition) is 3. The standard InChI is InChI=1S/C18H27N3O2/c1-13-10-11-21(12-13)16-6-2-14(3-7-16)19-18(23)20-15-4-8-17(22)9-5-15/h2-3,6-7,13,15,17,22H,4-5,8-12H2,1H3,(H2,19,20,23)/t13-,15?,17?/m1/s1. The van der Waals surface area contributed by atoms with Crippen LogP contribution in [-0.4, -0.2) is 36.4 Å². The molecule has 126 valence electrons. The Labute approximate surface area is 138 Å². The zero-order valence-electron chi connectivity index (χ0n) is 13.8. The van der Waals surface area contributed by atoms with Gasteiger partial charge in [0, 0.05) is 30.5 Å². The molecule has 0 aromatic heterocycles. The Morgan fingerprint density at radius 3 is 2.43 bits per heavy atom. The van der Waals surface area contributed by atoms with E-state index in [9.17, 15) is 9.90 Å². The highest BCUT2D eigenvalue weighted by Crippen LogP contribution is 2.25. The number of aliphatic hydroxyl groups is 1. The summed E-state index contributed by atoms with van der Waals surface area (Å²) >= 11 is 0. The molecule has 1 aliphatic heterocycles. The van der Waals surface area contributed by atoms with Gasteiger partial charge in [-0.1, -0.05) is 6.92 Å². The predicted molar refractivity (Wildman–Crippen MR) is 92.9 cm³/mol. The van der Waals surface area contributed by atoms with Crippen molar-refractivity contribution in [3.05, 3.63) is 24.3 Å². The summed E-state index contributed by atoms with van der Waals surface area (Å²) in [7, 11) is 0. The van der Waals surface area contributed by atoms with Gasteiger partial charge in [0.05, 0.1) is 6.10 Å². The number of amides is 2. The average Bonchev–Trinajstić information content (AvgIpc) is 2.97. The summed E-state index contributed by atoms with van der Waals surface area (Å²) in [5.41, 5.74) is 2.04. The lowest BCUT2D eigenvalue weighted by Crippen LogP contribution is -2.40. The average molecular weight is 317 g/mol. The summed E-state index contributed by atoms with van der Waals surface area (Å²) in [4.78, 5) is 14.4. The minimum absolute atomic E-state index is 0.158. The fourth-order valence-electron chi connectivity index (χ4n) is 3.50. The van der Waals surface area contributed by atoms with Gasteiger partial charge in [-0.3, -0.25) is 0 Å². The van der Waals surface area contributed by atoms with Crippen molar-refractivity contribution in [1.82, 2.24) is 5.32 Å². The molecule has 1 aromatic rings. The lowest BCUT2D eigenvalue weighted by atomic mass is 9.93. The summed E-state index contributed by atoms with van der Waals surface area (Å²) in [6.45, 7) is 4.51. The van der Waals surface area contributed by atoms with E-state index in [-0.39, 0.29) is 18.2 Å². The second-order valence-corrected chi connectivity index (χ2v) is 6.99. The number of urea groups is 1. The van der Waals surface area contributed by atoms with E-state index in [4.69, 9.17) is 0 Å². The zero-order valence-corrected chi connectivity index (χ0v) is 13.8. The van der Waals surface area contributed by atoms with Crippen LogP contribution in [0.5, 0.6) is 0 Å². The summed E-state index contributed by atoms with van der Waals surface area (Å²) < 4.78 is 0. The van der Waals surface area contributed by atoms with Crippen LogP contribution in [0.15, 0.2) is 24.3 Å². The van der Waals surface area contributed by atoms with E-state index in [1.807, 2.05) is 12.1 Å². The second kappa shape index (κ2) is 7.21. The fraction of sp³-hybridized carbons (Fsp3) is 0.611. The molecule has 1 atom stereocenters. The first kappa shape index (κ1) is 16.1. The number of benzene rings is 1. The molecule has 1 saturated carbocycles. The minimum Gasteiger partial charge on any atom is -0.393 e. The Kier molecular flexibility index (Phi) is 5.06. The molecule has 0 unspecified atom stereocenters. The largest absolute Gasteiger partial charge is 0.393 e. The minimum atomic E-state index is -0.197. The highest BCUT2D eigenvalue weighted by Gasteiger charge is 2.21. The molecule has 1 aromatic carbocycles. The number of carbonyl (C=O) groups excluding carboxylic acids is 1. The van der Waals surface area contributed by atoms with Crippen LogP contribution >= 0.6 is 0 Å². The molecule has 3 N–H and O–H groups in total. The predicted octanol–water partition coefficient (Wildman–Crippen LogP) is 2.96. The third kappa shape index (κ3) is 4.38. The van der Waals surface area contributed by atoms with Gasteiger partial charge >= 0.3 is 6.03 Å². The van der Waals surface area contributed by atoms with E-state index in [2.05, 4.69) is 34.6 Å². The van der Waals surface area contributed by atoms with Crippen LogP contribution in [0.4, 0.5) is 16.2 Å². The van der Waals surface area contributed by atoms with Crippen molar-refractivity contribution >= 4 is 17.4 Å². The van der Waals surface area contributed by atoms with Crippen molar-refractivity contribution in [2.24, 2.45) is 5.92 Å². The van der Waals surface area contributed by atoms with Crippen molar-refractivity contribution in [3.8, 4) is 0 Å². The molecule has 0 bridgehead atoms. The monoisotopic (exact) mass is 317 g/mol. The maximum atomic E-state index is 12.1. The Balaban J connectivity index is 1.49. The summed E-state index contributed by atoms with van der Waals surface area (Å²) in [6, 6.07) is 8.08. The number of nitrogens with one attached hydrogen (secondary N) is 2. The second-order valence-electron chi connectivity index (χ2n) is 6.99. The molecule has 1 saturated heterocycles. The van der Waals surface area contributed by atoms with E-state index in [1.165, 1.54) is 12.1 Å². The van der Waals surface area contributed by atoms with Gasteiger partial charge in [-0.05, 0) is 62.3 Å². The quantitative estimate of drug-likeness (QED) is 0.803. The molecule has 0 spiro atoms. The summed E-state index contributed by atoms with van der Waals surface area (Å²) in [6.07, 6.45) is 4.29. The van der Waals surface area contributed by atoms with Crippen LogP contribution in [0.25, 0.3) is 0 Å². The van der Waals surface area contributed by atoms with E-state index in [1.54, 1.807) is 0 Å². The Hall–Kier alpha value is -1.75. The van der Waals surface area contributed by atoms with Crippen molar-refractivity contribution in [3.63, 3.8) is 0 Å². The van der Waals surface area contributed by atoms with Crippen molar-refractivity contribution in [2.45, 2.75) is 51.2 Å². The van der Waals surface area contributed by atoms with Crippen LogP contribution < -0.4 is 15.5 Å². The van der Waals surface area contributed by atoms with Gasteiger partial charge in [0.25, 0.3) is 0 Å². The molecular weight excluding hydrogens is 290 g/mol. The molecule has 1 heterocycles. The molecule has 5 nitrogen and oxygen atoms in total. The van der Waals surface area contributed by atoms with Crippen LogP contribution in [-0.2, 0) is 0 Å². The smallest absolute Gasteiger partial charge is 0.319 e. The van der Waals surface area contributed by atoms with Gasteiger partial charge in [0.15, 0.2) is 0 Å². The van der Waals surface area contributed by atoms with Gasteiger partial charge in [-0.15, -0.1) is 0 Å². The maximum absolute atomic E-state index is 12.1. The molecule has 2 fully saturated rings. The van der Waals surface area contributed by atoms with E-state index in [0.29, 0.717) is 0 Å². The topological polar surface area (TPSA) is 64.6 Å². The molecule has 2 aliphatic rings. The van der Waals surface area contributed by atoms with Gasteiger partial charge < -0.3 is 20.6 Å². The SMILES string of the molecule is C[C@@H]1CCN(c2ccc(NC(=O)NC3CCC(O)CC3)cc2)C1. The first-order valence-electron chi connectivity index (χ1n) is 8.71. The van der Waals surface area contributed by atoms with E-state index in [0.717, 1.165) is 50.4 Å². The number of nitrogens with zero attached hydrogens (tertiary/aromatic N) is 1. The molecule has 0 radical (unpaired) electrons. The van der Waals surface area contributed by atoms with Crippen molar-refractivity contribution < 1.29 is 9.90 Å². The van der Waals surface area contributed by atoms with Gasteiger partial charge in [-0.2, -0.15) is 0 Å². The van der Waals surface area contributed by atoms with E-state index < -0.39 is 0 Å². The summed E-state index contributed by atoms with van der Waals surface area (Å²) in [5.74, 6) is 0.757.